The van der Waals surface area contributed by atoms with E-state index in [9.17, 15) is 0 Å². The van der Waals surface area contributed by atoms with Gasteiger partial charge in [0.05, 0.1) is 11.2 Å². The van der Waals surface area contributed by atoms with Gasteiger partial charge in [-0.3, -0.25) is 4.98 Å². The number of nitrogens with two attached hydrogens (primary N) is 1. The number of anilines is 2. The lowest BCUT2D eigenvalue weighted by Gasteiger charge is -2.13. The lowest BCUT2D eigenvalue weighted by molar-refractivity contribution is 0.425. The van der Waals surface area contributed by atoms with Crippen LogP contribution in [0.15, 0.2) is 48.7 Å². The Morgan fingerprint density at radius 3 is 2.57 bits per heavy atom. The highest BCUT2D eigenvalue weighted by atomic mass is 15.1. The quantitative estimate of drug-likeness (QED) is 0.469. The zero-order valence-electron chi connectivity index (χ0n) is 16.8. The Labute approximate surface area is 167 Å². The first-order valence-electron chi connectivity index (χ1n) is 9.86. The number of rotatable bonds is 10. The fourth-order valence-corrected chi connectivity index (χ4v) is 3.02. The van der Waals surface area contributed by atoms with Gasteiger partial charge >= 0.3 is 0 Å². The molecule has 2 aromatic heterocycles. The van der Waals surface area contributed by atoms with Crippen molar-refractivity contribution in [2.45, 2.75) is 12.8 Å². The van der Waals surface area contributed by atoms with E-state index in [0.717, 1.165) is 66.1 Å². The minimum atomic E-state index is 0.715. The van der Waals surface area contributed by atoms with Crippen LogP contribution in [0.1, 0.15) is 12.8 Å². The maximum atomic E-state index is 5.60. The van der Waals surface area contributed by atoms with Gasteiger partial charge in [0.1, 0.15) is 5.82 Å². The van der Waals surface area contributed by atoms with E-state index in [-0.39, 0.29) is 0 Å². The molecule has 0 radical (unpaired) electrons. The number of aromatic nitrogens is 2. The average molecular weight is 379 g/mol. The van der Waals surface area contributed by atoms with Crippen molar-refractivity contribution >= 4 is 22.4 Å². The number of nitrogens with zero attached hydrogens (tertiary/aromatic N) is 3. The summed E-state index contributed by atoms with van der Waals surface area (Å²) in [6.45, 7) is 3.49. The highest BCUT2D eigenvalue weighted by Gasteiger charge is 2.08. The summed E-state index contributed by atoms with van der Waals surface area (Å²) in [6, 6.07) is 14.5. The Kier molecular flexibility index (Phi) is 7.17. The second-order valence-corrected chi connectivity index (χ2v) is 7.16. The first-order chi connectivity index (χ1) is 13.7. The van der Waals surface area contributed by atoms with Crippen LogP contribution < -0.4 is 16.4 Å². The monoisotopic (exact) mass is 378 g/mol. The van der Waals surface area contributed by atoms with Crippen LogP contribution in [0.5, 0.6) is 0 Å². The molecule has 148 valence electrons. The fraction of sp³-hybridized carbons (Fsp3) is 0.364. The normalized spacial score (nSPS) is 11.1. The molecule has 28 heavy (non-hydrogen) atoms. The van der Waals surface area contributed by atoms with E-state index < -0.39 is 0 Å². The molecule has 0 fully saturated rings. The van der Waals surface area contributed by atoms with Crippen LogP contribution in [-0.2, 0) is 0 Å². The third-order valence-corrected chi connectivity index (χ3v) is 4.59. The van der Waals surface area contributed by atoms with Gasteiger partial charge in [0.2, 0.25) is 0 Å². The molecule has 0 saturated heterocycles. The summed E-state index contributed by atoms with van der Waals surface area (Å²) in [6.07, 6.45) is 3.85. The van der Waals surface area contributed by atoms with Gasteiger partial charge in [-0.1, -0.05) is 12.1 Å². The van der Waals surface area contributed by atoms with E-state index in [2.05, 4.69) is 71.0 Å². The number of unbranched alkanes of at least 4 members (excludes halogenated alkanes) is 1. The standard InChI is InChI=1S/C22H30N6/c1-28(2)15-14-24-18-9-7-17(8-10-18)20-16-21-19(6-5-13-25-21)22(27-20)26-12-4-3-11-23/h5-10,13,16,24H,3-4,11-12,14-15,23H2,1-2H3,(H,26,27). The molecular formula is C22H30N6. The molecule has 4 N–H and O–H groups in total. The third-order valence-electron chi connectivity index (χ3n) is 4.59. The molecule has 0 aliphatic carbocycles. The Bertz CT molecular complexity index is 876. The number of hydrogen-bond donors (Lipinski definition) is 3. The second-order valence-electron chi connectivity index (χ2n) is 7.16. The summed E-state index contributed by atoms with van der Waals surface area (Å²) in [7, 11) is 4.15. The van der Waals surface area contributed by atoms with Crippen LogP contribution in [0.25, 0.3) is 22.2 Å². The average Bonchev–Trinajstić information content (AvgIpc) is 2.71. The van der Waals surface area contributed by atoms with Crippen LogP contribution in [0, 0.1) is 0 Å². The molecule has 1 aromatic carbocycles. The highest BCUT2D eigenvalue weighted by Crippen LogP contribution is 2.27. The van der Waals surface area contributed by atoms with Crippen LogP contribution in [-0.4, -0.2) is 55.1 Å². The minimum absolute atomic E-state index is 0.715. The van der Waals surface area contributed by atoms with Gasteiger partial charge in [-0.25, -0.2) is 4.98 Å². The molecule has 0 bridgehead atoms. The van der Waals surface area contributed by atoms with E-state index in [1.165, 1.54) is 0 Å². The van der Waals surface area contributed by atoms with E-state index in [0.29, 0.717) is 6.54 Å². The van der Waals surface area contributed by atoms with Gasteiger partial charge in [-0.2, -0.15) is 0 Å². The minimum Gasteiger partial charge on any atom is -0.384 e. The summed E-state index contributed by atoms with van der Waals surface area (Å²) < 4.78 is 0. The van der Waals surface area contributed by atoms with E-state index in [4.69, 9.17) is 10.7 Å². The van der Waals surface area contributed by atoms with E-state index in [1.807, 2.05) is 12.3 Å². The Morgan fingerprint density at radius 2 is 1.82 bits per heavy atom. The predicted molar refractivity (Wildman–Crippen MR) is 119 cm³/mol. The number of benzene rings is 1. The van der Waals surface area contributed by atoms with Crippen molar-refractivity contribution in [3.8, 4) is 11.3 Å². The van der Waals surface area contributed by atoms with Gasteiger partial charge in [0, 0.05) is 42.5 Å². The van der Waals surface area contributed by atoms with Crippen LogP contribution >= 0.6 is 0 Å². The van der Waals surface area contributed by atoms with Gasteiger partial charge < -0.3 is 21.3 Å². The lowest BCUT2D eigenvalue weighted by Crippen LogP contribution is -2.20. The smallest absolute Gasteiger partial charge is 0.136 e. The summed E-state index contributed by atoms with van der Waals surface area (Å²) in [4.78, 5) is 11.6. The molecule has 0 aliphatic rings. The summed E-state index contributed by atoms with van der Waals surface area (Å²) in [5.74, 6) is 0.880. The zero-order chi connectivity index (χ0) is 19.8. The Morgan fingerprint density at radius 1 is 1.00 bits per heavy atom. The molecule has 2 heterocycles. The number of pyridine rings is 2. The van der Waals surface area contributed by atoms with Crippen molar-refractivity contribution in [2.75, 3.05) is 50.9 Å². The first kappa shape index (κ1) is 20.0. The third kappa shape index (κ3) is 5.41. The molecule has 0 aliphatic heterocycles. The maximum Gasteiger partial charge on any atom is 0.136 e. The topological polar surface area (TPSA) is 79.1 Å². The Balaban J connectivity index is 1.80. The summed E-state index contributed by atoms with van der Waals surface area (Å²) in [5.41, 5.74) is 9.66. The van der Waals surface area contributed by atoms with Crippen molar-refractivity contribution in [1.29, 1.82) is 0 Å². The van der Waals surface area contributed by atoms with Crippen LogP contribution in [0.4, 0.5) is 11.5 Å². The number of hydrogen-bond acceptors (Lipinski definition) is 6. The number of nitrogens with one attached hydrogen (secondary N) is 2. The molecule has 3 aromatic rings. The summed E-state index contributed by atoms with van der Waals surface area (Å²) >= 11 is 0. The number of likely N-dealkylation sites (N-methyl/N-ethyl adjacent to an activating group) is 1. The molecule has 0 spiro atoms. The molecule has 0 saturated carbocycles. The molecule has 6 nitrogen and oxygen atoms in total. The molecule has 0 unspecified atom stereocenters. The van der Waals surface area contributed by atoms with Crippen molar-refractivity contribution in [3.63, 3.8) is 0 Å². The van der Waals surface area contributed by atoms with Crippen molar-refractivity contribution in [3.05, 3.63) is 48.7 Å². The van der Waals surface area contributed by atoms with Gasteiger partial charge in [0.25, 0.3) is 0 Å². The maximum absolute atomic E-state index is 5.60. The van der Waals surface area contributed by atoms with E-state index in [1.54, 1.807) is 0 Å². The van der Waals surface area contributed by atoms with Crippen LogP contribution in [0.3, 0.4) is 0 Å². The predicted octanol–water partition coefficient (Wildman–Crippen LogP) is 3.42. The van der Waals surface area contributed by atoms with Crippen molar-refractivity contribution < 1.29 is 0 Å². The second kappa shape index (κ2) is 10.0. The van der Waals surface area contributed by atoms with Gasteiger partial charge in [-0.05, 0) is 63.8 Å². The van der Waals surface area contributed by atoms with Crippen molar-refractivity contribution in [2.24, 2.45) is 5.73 Å². The van der Waals surface area contributed by atoms with Crippen molar-refractivity contribution in [1.82, 2.24) is 14.9 Å². The highest BCUT2D eigenvalue weighted by molar-refractivity contribution is 5.92. The Hall–Kier alpha value is -2.70. The summed E-state index contributed by atoms with van der Waals surface area (Å²) in [5, 5.41) is 7.94. The zero-order valence-corrected chi connectivity index (χ0v) is 16.8. The van der Waals surface area contributed by atoms with Crippen LogP contribution in [0.2, 0.25) is 0 Å². The molecule has 3 rings (SSSR count). The first-order valence-corrected chi connectivity index (χ1v) is 9.86. The fourth-order valence-electron chi connectivity index (χ4n) is 3.02. The SMILES string of the molecule is CN(C)CCNc1ccc(-c2cc3ncccc3c(NCCCCN)n2)cc1. The molecule has 6 heteroatoms. The molecular weight excluding hydrogens is 348 g/mol. The van der Waals surface area contributed by atoms with Gasteiger partial charge in [0.15, 0.2) is 0 Å². The van der Waals surface area contributed by atoms with E-state index >= 15 is 0 Å². The van der Waals surface area contributed by atoms with Gasteiger partial charge in [-0.15, -0.1) is 0 Å². The molecule has 0 atom stereocenters. The lowest BCUT2D eigenvalue weighted by atomic mass is 10.1. The number of fused-ring (bicyclic) bond motifs is 1. The molecule has 0 amide bonds. The largest absolute Gasteiger partial charge is 0.384 e.